The maximum absolute atomic E-state index is 11.8. The van der Waals surface area contributed by atoms with Gasteiger partial charge in [-0.1, -0.05) is 53.4 Å². The molecule has 0 saturated heterocycles. The Morgan fingerprint density at radius 3 is 2.77 bits per heavy atom. The highest BCUT2D eigenvalue weighted by Gasteiger charge is 2.13. The third-order valence-electron chi connectivity index (χ3n) is 3.78. The van der Waals surface area contributed by atoms with Crippen LogP contribution in [0.5, 0.6) is 0 Å². The lowest BCUT2D eigenvalue weighted by Crippen LogP contribution is -2.28. The van der Waals surface area contributed by atoms with E-state index in [0.29, 0.717) is 5.75 Å². The molecule has 0 aliphatic heterocycles. The van der Waals surface area contributed by atoms with Crippen molar-refractivity contribution in [3.63, 3.8) is 0 Å². The van der Waals surface area contributed by atoms with E-state index < -0.39 is 0 Å². The van der Waals surface area contributed by atoms with Gasteiger partial charge in [0.15, 0.2) is 0 Å². The first kappa shape index (κ1) is 18.2. The minimum absolute atomic E-state index is 0.154. The molecule has 1 aromatic carbocycles. The minimum Gasteiger partial charge on any atom is -0.355 e. The molecule has 2 nitrogen and oxygen atoms in total. The van der Waals surface area contributed by atoms with Gasteiger partial charge >= 0.3 is 0 Å². The van der Waals surface area contributed by atoms with E-state index >= 15 is 0 Å². The summed E-state index contributed by atoms with van der Waals surface area (Å²) in [4.78, 5) is 11.8. The topological polar surface area (TPSA) is 29.1 Å². The quantitative estimate of drug-likeness (QED) is 0.630. The fraction of sp³-hybridized carbons (Fsp3) is 0.588. The Morgan fingerprint density at radius 2 is 2.00 bits per heavy atom. The van der Waals surface area contributed by atoms with Crippen LogP contribution in [0.1, 0.15) is 37.7 Å². The van der Waals surface area contributed by atoms with E-state index in [-0.39, 0.29) is 5.91 Å². The molecule has 22 heavy (non-hydrogen) atoms. The van der Waals surface area contributed by atoms with Gasteiger partial charge in [-0.25, -0.2) is 0 Å². The first-order chi connectivity index (χ1) is 10.8. The Hall–Kier alpha value is -0.130. The van der Waals surface area contributed by atoms with Gasteiger partial charge < -0.3 is 5.32 Å². The Kier molecular flexibility index (Phi) is 8.78. The first-order valence-electron chi connectivity index (χ1n) is 7.95. The molecule has 1 aliphatic carbocycles. The molecule has 1 aliphatic rings. The molecule has 1 fully saturated rings. The van der Waals surface area contributed by atoms with Gasteiger partial charge in [0.25, 0.3) is 0 Å². The molecule has 1 aromatic rings. The summed E-state index contributed by atoms with van der Waals surface area (Å²) in [5, 5.41) is 3.86. The molecular weight excluding hydrogens is 378 g/mol. The van der Waals surface area contributed by atoms with Crippen molar-refractivity contribution >= 4 is 45.4 Å². The predicted octanol–water partition coefficient (Wildman–Crippen LogP) is 4.86. The van der Waals surface area contributed by atoms with Crippen molar-refractivity contribution in [2.45, 2.75) is 43.1 Å². The number of hydrogen-bond acceptors (Lipinski definition) is 3. The lowest BCUT2D eigenvalue weighted by molar-refractivity contribution is -0.118. The maximum atomic E-state index is 11.8. The Bertz CT molecular complexity index is 464. The number of carbonyl (C=O) groups is 1. The van der Waals surface area contributed by atoms with Gasteiger partial charge in [-0.05, 0) is 24.5 Å². The molecule has 122 valence electrons. The number of rotatable bonds is 8. The Balaban J connectivity index is 1.51. The standard InChI is InChI=1S/C17H24BrNOS2/c18-16-9-5-4-6-14(16)12-21-13-17(20)19-10-11-22-15-7-2-1-3-8-15/h4-6,9,15H,1-3,7-8,10-13H2,(H,19,20). The Morgan fingerprint density at radius 1 is 1.23 bits per heavy atom. The molecule has 0 atom stereocenters. The predicted molar refractivity (Wildman–Crippen MR) is 103 cm³/mol. The summed E-state index contributed by atoms with van der Waals surface area (Å²) < 4.78 is 1.12. The molecule has 0 aromatic heterocycles. The van der Waals surface area contributed by atoms with E-state index in [0.717, 1.165) is 27.8 Å². The third kappa shape index (κ3) is 6.97. The second kappa shape index (κ2) is 10.6. The van der Waals surface area contributed by atoms with Crippen molar-refractivity contribution in [2.75, 3.05) is 18.1 Å². The fourth-order valence-corrected chi connectivity index (χ4v) is 5.26. The largest absolute Gasteiger partial charge is 0.355 e. The summed E-state index contributed by atoms with van der Waals surface area (Å²) in [6.45, 7) is 0.801. The zero-order chi connectivity index (χ0) is 15.6. The van der Waals surface area contributed by atoms with Crippen LogP contribution in [0.4, 0.5) is 0 Å². The number of benzene rings is 1. The van der Waals surface area contributed by atoms with Crippen LogP contribution >= 0.6 is 39.5 Å². The summed E-state index contributed by atoms with van der Waals surface area (Å²) in [6.07, 6.45) is 6.90. The number of thioether (sulfide) groups is 2. The summed E-state index contributed by atoms with van der Waals surface area (Å²) in [5.74, 6) is 2.60. The minimum atomic E-state index is 0.154. The van der Waals surface area contributed by atoms with Crippen molar-refractivity contribution in [3.8, 4) is 0 Å². The van der Waals surface area contributed by atoms with Gasteiger partial charge in [0, 0.05) is 27.8 Å². The second-order valence-corrected chi connectivity index (χ2v) is 8.81. The highest BCUT2D eigenvalue weighted by Crippen LogP contribution is 2.27. The first-order valence-corrected chi connectivity index (χ1v) is 10.9. The van der Waals surface area contributed by atoms with Gasteiger partial charge in [0.2, 0.25) is 5.91 Å². The second-order valence-electron chi connectivity index (χ2n) is 5.56. The van der Waals surface area contributed by atoms with Crippen LogP contribution in [0.15, 0.2) is 28.7 Å². The molecule has 0 bridgehead atoms. The van der Waals surface area contributed by atoms with Crippen molar-refractivity contribution in [1.82, 2.24) is 5.32 Å². The number of hydrogen-bond donors (Lipinski definition) is 1. The number of carbonyl (C=O) groups excluding carboxylic acids is 1. The van der Waals surface area contributed by atoms with Crippen LogP contribution in [0, 0.1) is 0 Å². The monoisotopic (exact) mass is 401 g/mol. The molecular formula is C17H24BrNOS2. The van der Waals surface area contributed by atoms with E-state index in [9.17, 15) is 4.79 Å². The molecule has 2 rings (SSSR count). The number of amides is 1. The van der Waals surface area contributed by atoms with E-state index in [1.54, 1.807) is 11.8 Å². The summed E-state index contributed by atoms with van der Waals surface area (Å²) >= 11 is 7.24. The van der Waals surface area contributed by atoms with Crippen LogP contribution in [0.25, 0.3) is 0 Å². The molecule has 0 radical (unpaired) electrons. The molecule has 1 amide bonds. The normalized spacial score (nSPS) is 15.7. The van der Waals surface area contributed by atoms with Crippen LogP contribution in [-0.2, 0) is 10.5 Å². The van der Waals surface area contributed by atoms with Gasteiger partial charge in [-0.15, -0.1) is 11.8 Å². The zero-order valence-electron chi connectivity index (χ0n) is 12.9. The van der Waals surface area contributed by atoms with Crippen LogP contribution < -0.4 is 5.32 Å². The average molecular weight is 402 g/mol. The molecule has 1 saturated carbocycles. The maximum Gasteiger partial charge on any atom is 0.230 e. The van der Waals surface area contributed by atoms with E-state index in [2.05, 4.69) is 27.3 Å². The van der Waals surface area contributed by atoms with Gasteiger partial charge in [-0.2, -0.15) is 11.8 Å². The lowest BCUT2D eigenvalue weighted by atomic mass is 10.0. The lowest BCUT2D eigenvalue weighted by Gasteiger charge is -2.20. The molecule has 5 heteroatoms. The number of halogens is 1. The number of nitrogens with one attached hydrogen (secondary N) is 1. The van der Waals surface area contributed by atoms with Crippen molar-refractivity contribution < 1.29 is 4.79 Å². The van der Waals surface area contributed by atoms with Gasteiger partial charge in [0.05, 0.1) is 5.75 Å². The van der Waals surface area contributed by atoms with Crippen molar-refractivity contribution in [3.05, 3.63) is 34.3 Å². The van der Waals surface area contributed by atoms with E-state index in [4.69, 9.17) is 0 Å². The smallest absolute Gasteiger partial charge is 0.230 e. The van der Waals surface area contributed by atoms with Crippen molar-refractivity contribution in [2.24, 2.45) is 0 Å². The van der Waals surface area contributed by atoms with Gasteiger partial charge in [0.1, 0.15) is 0 Å². The molecule has 0 spiro atoms. The van der Waals surface area contributed by atoms with Crippen molar-refractivity contribution in [1.29, 1.82) is 0 Å². The van der Waals surface area contributed by atoms with E-state index in [1.807, 2.05) is 30.0 Å². The highest BCUT2D eigenvalue weighted by molar-refractivity contribution is 9.10. The van der Waals surface area contributed by atoms with Crippen LogP contribution in [0.2, 0.25) is 0 Å². The highest BCUT2D eigenvalue weighted by atomic mass is 79.9. The zero-order valence-corrected chi connectivity index (χ0v) is 16.1. The molecule has 0 unspecified atom stereocenters. The third-order valence-corrected chi connectivity index (χ3v) is 6.92. The SMILES string of the molecule is O=C(CSCc1ccccc1Br)NCCSC1CCCCC1. The Labute approximate surface area is 150 Å². The summed E-state index contributed by atoms with van der Waals surface area (Å²) in [6, 6.07) is 8.17. The molecule has 0 heterocycles. The fourth-order valence-electron chi connectivity index (χ4n) is 2.57. The van der Waals surface area contributed by atoms with Crippen LogP contribution in [0.3, 0.4) is 0 Å². The summed E-state index contributed by atoms with van der Waals surface area (Å²) in [5.41, 5.74) is 1.24. The van der Waals surface area contributed by atoms with E-state index in [1.165, 1.54) is 37.7 Å². The molecule has 1 N–H and O–H groups in total. The van der Waals surface area contributed by atoms with Crippen LogP contribution in [-0.4, -0.2) is 29.2 Å². The summed E-state index contributed by atoms with van der Waals surface area (Å²) in [7, 11) is 0. The average Bonchev–Trinajstić information content (AvgIpc) is 2.54. The van der Waals surface area contributed by atoms with Gasteiger partial charge in [-0.3, -0.25) is 4.79 Å².